The first-order valence-electron chi connectivity index (χ1n) is 8.65. The first kappa shape index (κ1) is 17.6. The number of carbonyl (C=O) groups is 1. The van der Waals surface area contributed by atoms with Gasteiger partial charge in [0, 0.05) is 64.0 Å². The Bertz CT molecular complexity index is 650. The molecule has 0 bridgehead atoms. The molecule has 1 aromatic carbocycles. The fourth-order valence-electron chi connectivity index (χ4n) is 3.31. The van der Waals surface area contributed by atoms with Crippen LogP contribution in [0.15, 0.2) is 18.2 Å². The quantitative estimate of drug-likeness (QED) is 0.593. The van der Waals surface area contributed by atoms with Crippen molar-refractivity contribution in [2.75, 3.05) is 71.4 Å². The highest BCUT2D eigenvalue weighted by atomic mass is 16.6. The van der Waals surface area contributed by atoms with Crippen LogP contribution in [0.1, 0.15) is 10.4 Å². The lowest BCUT2D eigenvalue weighted by molar-refractivity contribution is -0.384. The van der Waals surface area contributed by atoms with Gasteiger partial charge in [-0.25, -0.2) is 0 Å². The normalized spacial score (nSPS) is 19.9. The van der Waals surface area contributed by atoms with Crippen LogP contribution < -0.4 is 4.90 Å². The number of anilines is 1. The van der Waals surface area contributed by atoms with E-state index in [9.17, 15) is 14.9 Å². The van der Waals surface area contributed by atoms with Crippen LogP contribution >= 0.6 is 0 Å². The highest BCUT2D eigenvalue weighted by molar-refractivity contribution is 5.96. The zero-order valence-electron chi connectivity index (χ0n) is 14.8. The van der Waals surface area contributed by atoms with Gasteiger partial charge in [-0.3, -0.25) is 14.9 Å². The molecule has 2 aliphatic rings. The van der Waals surface area contributed by atoms with Crippen LogP contribution in [-0.4, -0.2) is 92.0 Å². The predicted octanol–water partition coefficient (Wildman–Crippen LogP) is 0.734. The third-order valence-electron chi connectivity index (χ3n) is 5.05. The SMILES string of the molecule is CN1CCN(C(=O)c2ccc(N3CCN(C)CC3)c([N+](=O)[O-])c2)CC1. The monoisotopic (exact) mass is 347 g/mol. The van der Waals surface area contributed by atoms with E-state index >= 15 is 0 Å². The summed E-state index contributed by atoms with van der Waals surface area (Å²) < 4.78 is 0. The number of piperazine rings is 2. The molecule has 0 saturated carbocycles. The number of hydrogen-bond acceptors (Lipinski definition) is 6. The van der Waals surface area contributed by atoms with E-state index in [2.05, 4.69) is 9.80 Å². The maximum atomic E-state index is 12.7. The molecule has 0 radical (unpaired) electrons. The summed E-state index contributed by atoms with van der Waals surface area (Å²) in [7, 11) is 4.07. The second kappa shape index (κ2) is 7.37. The fourth-order valence-corrected chi connectivity index (χ4v) is 3.31. The molecule has 0 N–H and O–H groups in total. The standard InChI is InChI=1S/C17H25N5O3/c1-18-5-9-20(10-6-18)15-4-3-14(13-16(15)22(24)25)17(23)21-11-7-19(2)8-12-21/h3-4,13H,5-12H2,1-2H3. The molecule has 3 rings (SSSR count). The maximum absolute atomic E-state index is 12.7. The van der Waals surface area contributed by atoms with Gasteiger partial charge >= 0.3 is 0 Å². The van der Waals surface area contributed by atoms with Crippen molar-refractivity contribution in [3.05, 3.63) is 33.9 Å². The van der Waals surface area contributed by atoms with Gasteiger partial charge in [-0.15, -0.1) is 0 Å². The molecule has 8 nitrogen and oxygen atoms in total. The number of rotatable bonds is 3. The number of nitro benzene ring substituents is 1. The van der Waals surface area contributed by atoms with Crippen LogP contribution in [0.4, 0.5) is 11.4 Å². The topological polar surface area (TPSA) is 73.2 Å². The smallest absolute Gasteiger partial charge is 0.293 e. The summed E-state index contributed by atoms with van der Waals surface area (Å²) in [5.74, 6) is -0.124. The number of likely N-dealkylation sites (N-methyl/N-ethyl adjacent to an activating group) is 2. The fraction of sp³-hybridized carbons (Fsp3) is 0.588. The van der Waals surface area contributed by atoms with E-state index in [0.717, 1.165) is 39.3 Å². The zero-order valence-corrected chi connectivity index (χ0v) is 14.8. The molecule has 1 amide bonds. The Kier molecular flexibility index (Phi) is 5.19. The number of hydrogen-bond donors (Lipinski definition) is 0. The van der Waals surface area contributed by atoms with E-state index in [1.54, 1.807) is 17.0 Å². The molecule has 25 heavy (non-hydrogen) atoms. The van der Waals surface area contributed by atoms with Crippen molar-refractivity contribution in [1.29, 1.82) is 0 Å². The average molecular weight is 347 g/mol. The third-order valence-corrected chi connectivity index (χ3v) is 5.05. The third kappa shape index (κ3) is 3.91. The Morgan fingerprint density at radius 2 is 1.52 bits per heavy atom. The second-order valence-corrected chi connectivity index (χ2v) is 6.85. The number of nitro groups is 1. The first-order chi connectivity index (χ1) is 12.0. The van der Waals surface area contributed by atoms with Gasteiger partial charge in [0.25, 0.3) is 11.6 Å². The van der Waals surface area contributed by atoms with Crippen LogP contribution in [-0.2, 0) is 0 Å². The molecule has 136 valence electrons. The van der Waals surface area contributed by atoms with Crippen LogP contribution in [0.2, 0.25) is 0 Å². The Labute approximate surface area is 147 Å². The molecule has 2 aliphatic heterocycles. The van der Waals surface area contributed by atoms with Crippen LogP contribution in [0, 0.1) is 10.1 Å². The van der Waals surface area contributed by atoms with Gasteiger partial charge in [0.15, 0.2) is 0 Å². The van der Waals surface area contributed by atoms with Crippen molar-refractivity contribution in [3.8, 4) is 0 Å². The predicted molar refractivity (Wildman–Crippen MR) is 96.2 cm³/mol. The Balaban J connectivity index is 1.81. The molecule has 1 aromatic rings. The molecule has 0 spiro atoms. The van der Waals surface area contributed by atoms with E-state index in [-0.39, 0.29) is 16.5 Å². The molecular weight excluding hydrogens is 322 g/mol. The second-order valence-electron chi connectivity index (χ2n) is 6.85. The van der Waals surface area contributed by atoms with Gasteiger partial charge in [-0.05, 0) is 26.2 Å². The Hall–Kier alpha value is -2.19. The van der Waals surface area contributed by atoms with Crippen molar-refractivity contribution >= 4 is 17.3 Å². The number of carbonyl (C=O) groups excluding carboxylic acids is 1. The van der Waals surface area contributed by atoms with Crippen molar-refractivity contribution in [2.45, 2.75) is 0 Å². The van der Waals surface area contributed by atoms with Gasteiger partial charge in [-0.2, -0.15) is 0 Å². The minimum absolute atomic E-state index is 0.0181. The lowest BCUT2D eigenvalue weighted by Gasteiger charge is -2.34. The van der Waals surface area contributed by atoms with E-state index in [1.807, 2.05) is 19.0 Å². The summed E-state index contributed by atoms with van der Waals surface area (Å²) in [6, 6.07) is 4.89. The maximum Gasteiger partial charge on any atom is 0.293 e. The van der Waals surface area contributed by atoms with Crippen LogP contribution in [0.5, 0.6) is 0 Å². The molecule has 0 aliphatic carbocycles. The molecular formula is C17H25N5O3. The first-order valence-corrected chi connectivity index (χ1v) is 8.65. The lowest BCUT2D eigenvalue weighted by atomic mass is 10.1. The number of amides is 1. The molecule has 8 heteroatoms. The van der Waals surface area contributed by atoms with Crippen LogP contribution in [0.3, 0.4) is 0 Å². The Morgan fingerprint density at radius 3 is 2.08 bits per heavy atom. The average Bonchev–Trinajstić information content (AvgIpc) is 2.62. The van der Waals surface area contributed by atoms with E-state index in [4.69, 9.17) is 0 Å². The molecule has 0 aromatic heterocycles. The minimum atomic E-state index is -0.381. The minimum Gasteiger partial charge on any atom is -0.363 e. The van der Waals surface area contributed by atoms with Gasteiger partial charge in [0.05, 0.1) is 4.92 Å². The van der Waals surface area contributed by atoms with Crippen molar-refractivity contribution in [1.82, 2.24) is 14.7 Å². The summed E-state index contributed by atoms with van der Waals surface area (Å²) in [6.07, 6.45) is 0. The highest BCUT2D eigenvalue weighted by Crippen LogP contribution is 2.30. The van der Waals surface area contributed by atoms with E-state index in [0.29, 0.717) is 24.3 Å². The lowest BCUT2D eigenvalue weighted by Crippen LogP contribution is -2.47. The summed E-state index contributed by atoms with van der Waals surface area (Å²) in [5.41, 5.74) is 1.02. The molecule has 2 fully saturated rings. The summed E-state index contributed by atoms with van der Waals surface area (Å²) in [4.78, 5) is 32.0. The van der Waals surface area contributed by atoms with Gasteiger partial charge in [0.2, 0.25) is 0 Å². The highest BCUT2D eigenvalue weighted by Gasteiger charge is 2.26. The van der Waals surface area contributed by atoms with Crippen molar-refractivity contribution in [2.24, 2.45) is 0 Å². The molecule has 0 atom stereocenters. The van der Waals surface area contributed by atoms with Gasteiger partial charge in [0.1, 0.15) is 5.69 Å². The zero-order chi connectivity index (χ0) is 18.0. The van der Waals surface area contributed by atoms with Gasteiger partial charge in [-0.1, -0.05) is 0 Å². The van der Waals surface area contributed by atoms with E-state index in [1.165, 1.54) is 6.07 Å². The largest absolute Gasteiger partial charge is 0.363 e. The number of benzene rings is 1. The Morgan fingerprint density at radius 1 is 0.960 bits per heavy atom. The molecule has 2 heterocycles. The van der Waals surface area contributed by atoms with E-state index < -0.39 is 0 Å². The summed E-state index contributed by atoms with van der Waals surface area (Å²) in [5, 5.41) is 11.6. The summed E-state index contributed by atoms with van der Waals surface area (Å²) >= 11 is 0. The molecule has 2 saturated heterocycles. The van der Waals surface area contributed by atoms with Crippen molar-refractivity contribution in [3.63, 3.8) is 0 Å². The summed E-state index contributed by atoms with van der Waals surface area (Å²) in [6.45, 7) is 6.22. The van der Waals surface area contributed by atoms with Crippen molar-refractivity contribution < 1.29 is 9.72 Å². The molecule has 0 unspecified atom stereocenters. The van der Waals surface area contributed by atoms with Gasteiger partial charge < -0.3 is 19.6 Å². The van der Waals surface area contributed by atoms with Crippen LogP contribution in [0.25, 0.3) is 0 Å². The number of nitrogens with zero attached hydrogens (tertiary/aromatic N) is 5.